The Morgan fingerprint density at radius 2 is 1.56 bits per heavy atom. The van der Waals surface area contributed by atoms with E-state index in [4.69, 9.17) is 4.74 Å². The number of piperidine rings is 1. The fourth-order valence-corrected chi connectivity index (χ4v) is 6.19. The highest BCUT2D eigenvalue weighted by Crippen LogP contribution is 2.48. The molecular formula is C26H31N3O2S. The number of ether oxygens (including phenoxy) is 1. The zero-order valence-electron chi connectivity index (χ0n) is 18.8. The lowest BCUT2D eigenvalue weighted by molar-refractivity contribution is 0.0147. The van der Waals surface area contributed by atoms with Gasteiger partial charge in [0, 0.05) is 48.8 Å². The van der Waals surface area contributed by atoms with Crippen LogP contribution in [0, 0.1) is 0 Å². The van der Waals surface area contributed by atoms with E-state index in [0.717, 1.165) is 57.6 Å². The maximum Gasteiger partial charge on any atom is 0.415 e. The minimum Gasteiger partial charge on any atom is -0.436 e. The average molecular weight is 450 g/mol. The fraction of sp³-hybridized carbons (Fsp3) is 0.423. The number of carbonyl (C=O) groups excluding carboxylic acids is 1. The van der Waals surface area contributed by atoms with Crippen LogP contribution in [0.1, 0.15) is 32.6 Å². The number of para-hydroxylation sites is 2. The second-order valence-electron chi connectivity index (χ2n) is 8.84. The smallest absolute Gasteiger partial charge is 0.415 e. The molecule has 0 unspecified atom stereocenters. The molecule has 32 heavy (non-hydrogen) atoms. The van der Waals surface area contributed by atoms with Gasteiger partial charge in [-0.05, 0) is 43.7 Å². The zero-order valence-corrected chi connectivity index (χ0v) is 19.6. The quantitative estimate of drug-likeness (QED) is 0.550. The predicted octanol–water partition coefficient (Wildman–Crippen LogP) is 5.89. The Morgan fingerprint density at radius 3 is 2.19 bits per heavy atom. The second kappa shape index (κ2) is 8.83. The van der Waals surface area contributed by atoms with E-state index in [1.54, 1.807) is 4.90 Å². The van der Waals surface area contributed by atoms with Crippen LogP contribution in [-0.2, 0) is 4.74 Å². The molecule has 6 heteroatoms. The molecular weight excluding hydrogens is 418 g/mol. The molecule has 0 saturated carbocycles. The number of rotatable bonds is 6. The van der Waals surface area contributed by atoms with Gasteiger partial charge in [0.1, 0.15) is 0 Å². The van der Waals surface area contributed by atoms with Crippen LogP contribution in [0.3, 0.4) is 0 Å². The summed E-state index contributed by atoms with van der Waals surface area (Å²) in [6.07, 6.45) is 3.46. The van der Waals surface area contributed by atoms with Crippen molar-refractivity contribution >= 4 is 29.2 Å². The number of likely N-dealkylation sites (tertiary alicyclic amines) is 1. The van der Waals surface area contributed by atoms with E-state index in [0.29, 0.717) is 6.54 Å². The molecule has 0 aromatic heterocycles. The lowest BCUT2D eigenvalue weighted by atomic mass is 9.88. The molecule has 1 spiro atoms. The van der Waals surface area contributed by atoms with Gasteiger partial charge in [0.05, 0.1) is 17.1 Å². The molecule has 2 saturated heterocycles. The van der Waals surface area contributed by atoms with Crippen LogP contribution in [0.25, 0.3) is 0 Å². The van der Waals surface area contributed by atoms with Crippen molar-refractivity contribution < 1.29 is 9.53 Å². The van der Waals surface area contributed by atoms with Gasteiger partial charge in [0.2, 0.25) is 0 Å². The summed E-state index contributed by atoms with van der Waals surface area (Å²) in [7, 11) is 0. The summed E-state index contributed by atoms with van der Waals surface area (Å²) >= 11 is 1.86. The first-order valence-corrected chi connectivity index (χ1v) is 12.5. The topological polar surface area (TPSA) is 36.0 Å². The summed E-state index contributed by atoms with van der Waals surface area (Å²) in [6.45, 7) is 10.9. The van der Waals surface area contributed by atoms with Crippen LogP contribution in [0.2, 0.25) is 0 Å². The minimum atomic E-state index is -0.481. The lowest BCUT2D eigenvalue weighted by Crippen LogP contribution is -2.46. The molecule has 2 aromatic rings. The Hall–Kier alpha value is -2.44. The molecule has 0 atom stereocenters. The SMILES string of the molecule is C=C1N(CCC)C(=O)OC12CCN(CCCN1c3ccccc3Sc3ccccc31)CC2. The van der Waals surface area contributed by atoms with Crippen LogP contribution in [0.4, 0.5) is 16.2 Å². The Kier molecular flexibility index (Phi) is 5.91. The zero-order chi connectivity index (χ0) is 22.1. The summed E-state index contributed by atoms with van der Waals surface area (Å²) in [6, 6.07) is 17.4. The van der Waals surface area contributed by atoms with Crippen LogP contribution in [-0.4, -0.2) is 54.2 Å². The van der Waals surface area contributed by atoms with Crippen LogP contribution < -0.4 is 4.90 Å². The van der Waals surface area contributed by atoms with Crippen molar-refractivity contribution in [2.75, 3.05) is 37.6 Å². The molecule has 0 aliphatic carbocycles. The molecule has 3 heterocycles. The molecule has 168 valence electrons. The molecule has 0 radical (unpaired) electrons. The number of nitrogens with zero attached hydrogens (tertiary/aromatic N) is 3. The summed E-state index contributed by atoms with van der Waals surface area (Å²) in [5, 5.41) is 0. The first kappa shape index (κ1) is 21.4. The van der Waals surface area contributed by atoms with Crippen LogP contribution in [0.15, 0.2) is 70.6 Å². The van der Waals surface area contributed by atoms with Gasteiger partial charge in [-0.3, -0.25) is 4.90 Å². The van der Waals surface area contributed by atoms with Gasteiger partial charge < -0.3 is 14.5 Å². The summed E-state index contributed by atoms with van der Waals surface area (Å²) < 4.78 is 5.84. The van der Waals surface area contributed by atoms with Gasteiger partial charge in [0.25, 0.3) is 0 Å². The Labute approximate surface area is 195 Å². The number of benzene rings is 2. The van der Waals surface area contributed by atoms with Crippen molar-refractivity contribution in [2.45, 2.75) is 48.0 Å². The minimum absolute atomic E-state index is 0.217. The third kappa shape index (κ3) is 3.80. The molecule has 3 aliphatic heterocycles. The summed E-state index contributed by atoms with van der Waals surface area (Å²) in [5.41, 5.74) is 2.99. The van der Waals surface area contributed by atoms with Crippen molar-refractivity contribution in [3.63, 3.8) is 0 Å². The molecule has 2 fully saturated rings. The van der Waals surface area contributed by atoms with Gasteiger partial charge in [-0.15, -0.1) is 0 Å². The maximum atomic E-state index is 12.3. The van der Waals surface area contributed by atoms with Crippen molar-refractivity contribution in [3.8, 4) is 0 Å². The van der Waals surface area contributed by atoms with E-state index in [1.165, 1.54) is 21.2 Å². The number of anilines is 2. The monoisotopic (exact) mass is 449 g/mol. The Bertz CT molecular complexity index is 970. The second-order valence-corrected chi connectivity index (χ2v) is 9.93. The molecule has 2 aromatic carbocycles. The highest BCUT2D eigenvalue weighted by Gasteiger charge is 2.49. The lowest BCUT2D eigenvalue weighted by Gasteiger charge is -2.38. The number of carbonyl (C=O) groups is 1. The van der Waals surface area contributed by atoms with E-state index in [1.807, 2.05) is 11.8 Å². The summed E-state index contributed by atoms with van der Waals surface area (Å²) in [5.74, 6) is 0. The molecule has 5 rings (SSSR count). The van der Waals surface area contributed by atoms with Crippen molar-refractivity contribution in [1.29, 1.82) is 0 Å². The molecule has 3 aliphatic rings. The number of amides is 1. The van der Waals surface area contributed by atoms with Crippen LogP contribution >= 0.6 is 11.8 Å². The maximum absolute atomic E-state index is 12.3. The molecule has 0 N–H and O–H groups in total. The fourth-order valence-electron chi connectivity index (χ4n) is 5.09. The van der Waals surface area contributed by atoms with E-state index in [9.17, 15) is 4.79 Å². The first-order valence-electron chi connectivity index (χ1n) is 11.7. The highest BCUT2D eigenvalue weighted by atomic mass is 32.2. The van der Waals surface area contributed by atoms with Crippen LogP contribution in [0.5, 0.6) is 0 Å². The number of hydrogen-bond acceptors (Lipinski definition) is 5. The van der Waals surface area contributed by atoms with E-state index in [-0.39, 0.29) is 6.09 Å². The summed E-state index contributed by atoms with van der Waals surface area (Å²) in [4.78, 5) is 21.7. The van der Waals surface area contributed by atoms with Crippen molar-refractivity contribution in [1.82, 2.24) is 9.80 Å². The molecule has 1 amide bonds. The third-order valence-corrected chi connectivity index (χ3v) is 7.98. The Morgan fingerprint density at radius 1 is 0.938 bits per heavy atom. The van der Waals surface area contributed by atoms with E-state index < -0.39 is 5.60 Å². The molecule has 0 bridgehead atoms. The largest absolute Gasteiger partial charge is 0.436 e. The molecule has 5 nitrogen and oxygen atoms in total. The first-order chi connectivity index (χ1) is 15.6. The Balaban J connectivity index is 1.19. The van der Waals surface area contributed by atoms with Crippen molar-refractivity contribution in [2.24, 2.45) is 0 Å². The van der Waals surface area contributed by atoms with Gasteiger partial charge in [-0.25, -0.2) is 4.79 Å². The normalized spacial score (nSPS) is 19.8. The van der Waals surface area contributed by atoms with E-state index >= 15 is 0 Å². The van der Waals surface area contributed by atoms with E-state index in [2.05, 4.69) is 71.8 Å². The predicted molar refractivity (Wildman–Crippen MR) is 130 cm³/mol. The highest BCUT2D eigenvalue weighted by molar-refractivity contribution is 7.99. The standard InChI is InChI=1S/C26H31N3O2S/c1-3-15-28-20(2)26(31-25(28)30)13-18-27(19-14-26)16-8-17-29-21-9-4-6-11-23(21)32-24-12-7-5-10-22(24)29/h4-7,9-12H,2-3,8,13-19H2,1H3. The van der Waals surface area contributed by atoms with Gasteiger partial charge in [0.15, 0.2) is 5.60 Å². The van der Waals surface area contributed by atoms with Gasteiger partial charge in [-0.2, -0.15) is 0 Å². The average Bonchev–Trinajstić information content (AvgIpc) is 3.04. The van der Waals surface area contributed by atoms with Gasteiger partial charge in [-0.1, -0.05) is 49.5 Å². The number of fused-ring (bicyclic) bond motifs is 2. The van der Waals surface area contributed by atoms with Gasteiger partial charge >= 0.3 is 6.09 Å². The third-order valence-electron chi connectivity index (χ3n) is 6.85. The van der Waals surface area contributed by atoms with Crippen molar-refractivity contribution in [3.05, 3.63) is 60.8 Å². The number of hydrogen-bond donors (Lipinski definition) is 0.